The van der Waals surface area contributed by atoms with Crippen molar-refractivity contribution < 1.29 is 9.47 Å². The summed E-state index contributed by atoms with van der Waals surface area (Å²) in [7, 11) is 3.35. The monoisotopic (exact) mass is 345 g/mol. The van der Waals surface area contributed by atoms with Gasteiger partial charge in [0.05, 0.1) is 12.7 Å². The zero-order valence-corrected chi connectivity index (χ0v) is 14.2. The summed E-state index contributed by atoms with van der Waals surface area (Å²) in [4.78, 5) is 4.43. The second-order valence-corrected chi connectivity index (χ2v) is 5.81. The summed E-state index contributed by atoms with van der Waals surface area (Å²) in [6.45, 7) is 6.23. The fourth-order valence-electron chi connectivity index (χ4n) is 1.70. The Morgan fingerprint density at radius 2 is 2.10 bits per heavy atom. The van der Waals surface area contributed by atoms with Crippen molar-refractivity contribution in [3.05, 3.63) is 22.3 Å². The Bertz CT molecular complexity index is 402. The molecule has 0 saturated carbocycles. The molecule has 0 aliphatic rings. The molecule has 2 N–H and O–H groups in total. The first-order chi connectivity index (χ1) is 9.56. The van der Waals surface area contributed by atoms with Gasteiger partial charge in [0.2, 0.25) is 0 Å². The maximum atomic E-state index is 5.33. The summed E-state index contributed by atoms with van der Waals surface area (Å²) in [5.74, 6) is 0.875. The van der Waals surface area contributed by atoms with Gasteiger partial charge in [0, 0.05) is 49.6 Å². The predicted molar refractivity (Wildman–Crippen MR) is 85.1 cm³/mol. The van der Waals surface area contributed by atoms with Crippen molar-refractivity contribution in [3.63, 3.8) is 0 Å². The van der Waals surface area contributed by atoms with E-state index in [1.54, 1.807) is 20.4 Å². The van der Waals surface area contributed by atoms with Crippen LogP contribution < -0.4 is 10.6 Å². The maximum Gasteiger partial charge on any atom is 0.130 e. The highest BCUT2D eigenvalue weighted by Gasteiger charge is 2.10. The van der Waals surface area contributed by atoms with Crippen molar-refractivity contribution in [1.29, 1.82) is 0 Å². The number of aromatic nitrogens is 1. The molecule has 0 saturated heterocycles. The molecule has 0 spiro atoms. The second-order valence-electron chi connectivity index (χ2n) is 4.89. The Morgan fingerprint density at radius 1 is 1.35 bits per heavy atom. The third kappa shape index (κ3) is 6.17. The van der Waals surface area contributed by atoms with Crippen LogP contribution in [0.1, 0.15) is 19.4 Å². The summed E-state index contributed by atoms with van der Waals surface area (Å²) < 4.78 is 11.4. The van der Waals surface area contributed by atoms with Gasteiger partial charge in [-0.2, -0.15) is 0 Å². The molecule has 0 aromatic carbocycles. The molecule has 1 aromatic heterocycles. The number of nitrogens with one attached hydrogen (secondary N) is 2. The maximum absolute atomic E-state index is 5.33. The summed E-state index contributed by atoms with van der Waals surface area (Å²) in [6, 6.07) is 2.50. The van der Waals surface area contributed by atoms with Crippen molar-refractivity contribution in [2.75, 3.05) is 32.7 Å². The molecule has 114 valence electrons. The Morgan fingerprint density at radius 3 is 2.70 bits per heavy atom. The molecular weight excluding hydrogens is 322 g/mol. The van der Waals surface area contributed by atoms with Gasteiger partial charge in [0.1, 0.15) is 5.82 Å². The van der Waals surface area contributed by atoms with Crippen LogP contribution in [0.5, 0.6) is 0 Å². The molecule has 0 aliphatic heterocycles. The highest BCUT2D eigenvalue weighted by Crippen LogP contribution is 2.18. The first-order valence-corrected chi connectivity index (χ1v) is 7.49. The number of hydrogen-bond donors (Lipinski definition) is 2. The van der Waals surface area contributed by atoms with Crippen molar-refractivity contribution in [1.82, 2.24) is 10.3 Å². The molecule has 0 radical (unpaired) electrons. The van der Waals surface area contributed by atoms with Crippen LogP contribution in [0.4, 0.5) is 5.82 Å². The van der Waals surface area contributed by atoms with Gasteiger partial charge >= 0.3 is 0 Å². The minimum absolute atomic E-state index is 0.0105. The smallest absolute Gasteiger partial charge is 0.130 e. The first-order valence-electron chi connectivity index (χ1n) is 6.70. The second kappa shape index (κ2) is 9.28. The Kier molecular flexibility index (Phi) is 8.06. The highest BCUT2D eigenvalue weighted by molar-refractivity contribution is 9.10. The summed E-state index contributed by atoms with van der Waals surface area (Å²) in [6.07, 6.45) is 1.80. The quantitative estimate of drug-likeness (QED) is 0.719. The number of pyridine rings is 1. The van der Waals surface area contributed by atoms with Gasteiger partial charge in [-0.05, 0) is 22.0 Å². The van der Waals surface area contributed by atoms with Crippen LogP contribution in [0.15, 0.2) is 16.7 Å². The lowest BCUT2D eigenvalue weighted by molar-refractivity contribution is 0.0365. The molecule has 6 heteroatoms. The number of anilines is 1. The lowest BCUT2D eigenvalue weighted by Gasteiger charge is -2.18. The van der Waals surface area contributed by atoms with Gasteiger partial charge in [-0.1, -0.05) is 13.8 Å². The molecular formula is C14H24BrN3O2. The molecule has 0 amide bonds. The fourth-order valence-corrected chi connectivity index (χ4v) is 2.07. The lowest BCUT2D eigenvalue weighted by Crippen LogP contribution is -2.28. The normalized spacial score (nSPS) is 12.7. The van der Waals surface area contributed by atoms with E-state index in [9.17, 15) is 0 Å². The van der Waals surface area contributed by atoms with E-state index in [0.717, 1.165) is 22.4 Å². The van der Waals surface area contributed by atoms with Crippen LogP contribution in [-0.2, 0) is 16.0 Å². The van der Waals surface area contributed by atoms with Crippen LogP contribution in [0, 0.1) is 0 Å². The summed E-state index contributed by atoms with van der Waals surface area (Å²) in [5.41, 5.74) is 1.13. The minimum atomic E-state index is 0.0105. The molecule has 20 heavy (non-hydrogen) atoms. The molecule has 0 fully saturated rings. The fraction of sp³-hybridized carbons (Fsp3) is 0.643. The van der Waals surface area contributed by atoms with Crippen LogP contribution >= 0.6 is 15.9 Å². The molecule has 1 atom stereocenters. The van der Waals surface area contributed by atoms with Gasteiger partial charge in [-0.15, -0.1) is 0 Å². The molecule has 0 bridgehead atoms. The Balaban J connectivity index is 2.67. The van der Waals surface area contributed by atoms with E-state index in [4.69, 9.17) is 9.47 Å². The number of nitrogens with zero attached hydrogens (tertiary/aromatic N) is 1. The Labute approximate surface area is 129 Å². The number of ether oxygens (including phenoxy) is 2. The Hall–Kier alpha value is -0.690. The average Bonchev–Trinajstić information content (AvgIpc) is 2.42. The lowest BCUT2D eigenvalue weighted by atomic mass is 10.2. The van der Waals surface area contributed by atoms with Gasteiger partial charge in [-0.3, -0.25) is 0 Å². The van der Waals surface area contributed by atoms with E-state index in [1.165, 1.54) is 0 Å². The predicted octanol–water partition coefficient (Wildman–Crippen LogP) is 2.42. The molecule has 5 nitrogen and oxygen atoms in total. The number of methoxy groups -OCH3 is 2. The van der Waals surface area contributed by atoms with Gasteiger partial charge in [0.15, 0.2) is 0 Å². The third-order valence-corrected chi connectivity index (χ3v) is 3.25. The zero-order chi connectivity index (χ0) is 15.0. The van der Waals surface area contributed by atoms with Gasteiger partial charge in [-0.25, -0.2) is 4.98 Å². The van der Waals surface area contributed by atoms with Crippen LogP contribution in [0.2, 0.25) is 0 Å². The molecule has 1 aromatic rings. The third-order valence-electron chi connectivity index (χ3n) is 2.82. The van der Waals surface area contributed by atoms with Crippen molar-refractivity contribution >= 4 is 21.7 Å². The van der Waals surface area contributed by atoms with Crippen molar-refractivity contribution in [3.8, 4) is 0 Å². The summed E-state index contributed by atoms with van der Waals surface area (Å²) in [5, 5.41) is 6.72. The minimum Gasteiger partial charge on any atom is -0.382 e. The van der Waals surface area contributed by atoms with E-state index >= 15 is 0 Å². The van der Waals surface area contributed by atoms with E-state index < -0.39 is 0 Å². The molecule has 1 unspecified atom stereocenters. The van der Waals surface area contributed by atoms with E-state index in [-0.39, 0.29) is 6.10 Å². The number of halogens is 1. The van der Waals surface area contributed by atoms with Crippen LogP contribution in [0.25, 0.3) is 0 Å². The van der Waals surface area contributed by atoms with E-state index in [2.05, 4.69) is 51.5 Å². The number of hydrogen-bond acceptors (Lipinski definition) is 5. The molecule has 0 aliphatic carbocycles. The largest absolute Gasteiger partial charge is 0.382 e. The van der Waals surface area contributed by atoms with Crippen LogP contribution in [0.3, 0.4) is 0 Å². The molecule has 1 rings (SSSR count). The number of rotatable bonds is 9. The average molecular weight is 346 g/mol. The molecule has 1 heterocycles. The first kappa shape index (κ1) is 17.4. The zero-order valence-electron chi connectivity index (χ0n) is 12.6. The van der Waals surface area contributed by atoms with Crippen molar-refractivity contribution in [2.24, 2.45) is 0 Å². The standard InChI is InChI=1S/C14H24BrN3O2/c1-10(2)16-6-11-5-12(15)7-17-14(11)18-8-13(20-4)9-19-3/h5,7,10,13,16H,6,8-9H2,1-4H3,(H,17,18). The van der Waals surface area contributed by atoms with Gasteiger partial charge < -0.3 is 20.1 Å². The topological polar surface area (TPSA) is 55.4 Å². The highest BCUT2D eigenvalue weighted by atomic mass is 79.9. The van der Waals surface area contributed by atoms with Gasteiger partial charge in [0.25, 0.3) is 0 Å². The van der Waals surface area contributed by atoms with Crippen LogP contribution in [-0.4, -0.2) is 44.5 Å². The van der Waals surface area contributed by atoms with E-state index in [1.807, 2.05) is 0 Å². The van der Waals surface area contributed by atoms with E-state index in [0.29, 0.717) is 19.2 Å². The summed E-state index contributed by atoms with van der Waals surface area (Å²) >= 11 is 3.46. The SMILES string of the molecule is COCC(CNc1ncc(Br)cc1CNC(C)C)OC. The van der Waals surface area contributed by atoms with Crippen molar-refractivity contribution in [2.45, 2.75) is 32.5 Å².